The summed E-state index contributed by atoms with van der Waals surface area (Å²) in [5.74, 6) is 4.71. The summed E-state index contributed by atoms with van der Waals surface area (Å²) in [5, 5.41) is 0. The summed E-state index contributed by atoms with van der Waals surface area (Å²) in [6.45, 7) is 6.13. The van der Waals surface area contributed by atoms with E-state index in [4.69, 9.17) is 11.2 Å². The molecule has 4 aliphatic carbocycles. The summed E-state index contributed by atoms with van der Waals surface area (Å²) in [5.41, 5.74) is 0.686. The average Bonchev–Trinajstić information content (AvgIpc) is 2.88. The minimum Gasteiger partial charge on any atom is -0.445 e. The summed E-state index contributed by atoms with van der Waals surface area (Å²) in [4.78, 5) is 23.7. The van der Waals surface area contributed by atoms with E-state index in [0.29, 0.717) is 30.0 Å². The zero-order chi connectivity index (χ0) is 18.7. The zero-order valence-electron chi connectivity index (χ0n) is 16.3. The van der Waals surface area contributed by atoms with Crippen molar-refractivity contribution >= 4 is 11.8 Å². The summed E-state index contributed by atoms with van der Waals surface area (Å²) in [6.07, 6.45) is 15.7. The summed E-state index contributed by atoms with van der Waals surface area (Å²) >= 11 is 0. The van der Waals surface area contributed by atoms with Gasteiger partial charge in [0.15, 0.2) is 11.4 Å². The number of esters is 1. The molecule has 0 N–H and O–H groups in total. The average molecular weight is 354 g/mol. The molecule has 0 aromatic carbocycles. The second-order valence-electron chi connectivity index (χ2n) is 9.53. The Balaban J connectivity index is 1.69. The molecule has 0 spiro atoms. The standard InChI is InChI=1S/C23H30O3/c1-5-23(26-15(2)24)13-10-20-18-7-6-16-14-17(25)8-11-21(16,3)19(18)9-12-22(20,23)4/h1,14,18-20H,6-13H2,2-4H3/t18-,19+,20+,21+,22+,23-/m1/s1. The second-order valence-corrected chi connectivity index (χ2v) is 9.53. The maximum Gasteiger partial charge on any atom is 0.304 e. The van der Waals surface area contributed by atoms with Gasteiger partial charge >= 0.3 is 5.97 Å². The molecule has 4 aliphatic rings. The number of terminal acetylenes is 1. The van der Waals surface area contributed by atoms with Gasteiger partial charge in [0, 0.05) is 18.8 Å². The molecule has 0 radical (unpaired) electrons. The Labute approximate surface area is 156 Å². The highest BCUT2D eigenvalue weighted by Gasteiger charge is 2.65. The first kappa shape index (κ1) is 17.8. The largest absolute Gasteiger partial charge is 0.445 e. The lowest BCUT2D eigenvalue weighted by molar-refractivity contribution is -0.169. The highest BCUT2D eigenvalue weighted by Crippen LogP contribution is 2.68. The van der Waals surface area contributed by atoms with E-state index in [-0.39, 0.29) is 16.8 Å². The van der Waals surface area contributed by atoms with Crippen molar-refractivity contribution in [1.82, 2.24) is 0 Å². The number of ketones is 1. The van der Waals surface area contributed by atoms with Crippen molar-refractivity contribution < 1.29 is 14.3 Å². The van der Waals surface area contributed by atoms with Gasteiger partial charge in [-0.3, -0.25) is 9.59 Å². The van der Waals surface area contributed by atoms with Crippen LogP contribution in [0.2, 0.25) is 0 Å². The van der Waals surface area contributed by atoms with Gasteiger partial charge in [-0.25, -0.2) is 0 Å². The third-order valence-electron chi connectivity index (χ3n) is 8.63. The maximum atomic E-state index is 11.9. The van der Waals surface area contributed by atoms with E-state index in [1.807, 2.05) is 6.08 Å². The van der Waals surface area contributed by atoms with Gasteiger partial charge < -0.3 is 4.74 Å². The van der Waals surface area contributed by atoms with Crippen LogP contribution in [0.1, 0.15) is 72.1 Å². The number of carbonyl (C=O) groups is 2. The fourth-order valence-corrected chi connectivity index (χ4v) is 7.24. The number of hydrogen-bond acceptors (Lipinski definition) is 3. The Hall–Kier alpha value is -1.56. The van der Waals surface area contributed by atoms with E-state index in [2.05, 4.69) is 19.8 Å². The van der Waals surface area contributed by atoms with Crippen LogP contribution in [0, 0.1) is 40.9 Å². The molecule has 3 saturated carbocycles. The molecule has 6 atom stereocenters. The van der Waals surface area contributed by atoms with Gasteiger partial charge in [-0.1, -0.05) is 25.3 Å². The van der Waals surface area contributed by atoms with Crippen LogP contribution in [0.15, 0.2) is 11.6 Å². The van der Waals surface area contributed by atoms with Crippen molar-refractivity contribution in [3.05, 3.63) is 11.6 Å². The Morgan fingerprint density at radius 2 is 1.88 bits per heavy atom. The van der Waals surface area contributed by atoms with E-state index < -0.39 is 5.60 Å². The first-order valence-electron chi connectivity index (χ1n) is 10.2. The van der Waals surface area contributed by atoms with E-state index in [1.54, 1.807) is 0 Å². The topological polar surface area (TPSA) is 43.4 Å². The molecular formula is C23H30O3. The van der Waals surface area contributed by atoms with E-state index in [9.17, 15) is 9.59 Å². The third kappa shape index (κ3) is 2.20. The number of carbonyl (C=O) groups excluding carboxylic acids is 2. The van der Waals surface area contributed by atoms with Crippen LogP contribution in [0.25, 0.3) is 0 Å². The molecule has 0 amide bonds. The van der Waals surface area contributed by atoms with Crippen molar-refractivity contribution in [2.24, 2.45) is 28.6 Å². The van der Waals surface area contributed by atoms with Crippen molar-refractivity contribution in [1.29, 1.82) is 0 Å². The van der Waals surface area contributed by atoms with Crippen molar-refractivity contribution in [2.75, 3.05) is 0 Å². The molecule has 3 nitrogen and oxygen atoms in total. The van der Waals surface area contributed by atoms with Crippen molar-refractivity contribution in [3.63, 3.8) is 0 Å². The Bertz CT molecular complexity index is 728. The molecule has 0 aliphatic heterocycles. The van der Waals surface area contributed by atoms with Gasteiger partial charge in [0.05, 0.1) is 0 Å². The molecule has 0 unspecified atom stereocenters. The van der Waals surface area contributed by atoms with Gasteiger partial charge in [-0.2, -0.15) is 0 Å². The quantitative estimate of drug-likeness (QED) is 0.516. The van der Waals surface area contributed by atoms with Gasteiger partial charge in [-0.15, -0.1) is 6.42 Å². The molecular weight excluding hydrogens is 324 g/mol. The summed E-state index contributed by atoms with van der Waals surface area (Å²) < 4.78 is 5.81. The lowest BCUT2D eigenvalue weighted by Crippen LogP contribution is -2.55. The maximum absolute atomic E-state index is 11.9. The molecule has 26 heavy (non-hydrogen) atoms. The van der Waals surface area contributed by atoms with E-state index in [1.165, 1.54) is 12.5 Å². The summed E-state index contributed by atoms with van der Waals surface area (Å²) in [7, 11) is 0. The van der Waals surface area contributed by atoms with Crippen LogP contribution >= 0.6 is 0 Å². The lowest BCUT2D eigenvalue weighted by Gasteiger charge is -2.58. The number of fused-ring (bicyclic) bond motifs is 5. The van der Waals surface area contributed by atoms with Crippen LogP contribution in [0.4, 0.5) is 0 Å². The molecule has 4 rings (SSSR count). The van der Waals surface area contributed by atoms with Gasteiger partial charge in [-0.05, 0) is 74.2 Å². The minimum atomic E-state index is -0.742. The van der Waals surface area contributed by atoms with Crippen LogP contribution in [-0.2, 0) is 14.3 Å². The first-order valence-corrected chi connectivity index (χ1v) is 10.2. The Morgan fingerprint density at radius 1 is 1.15 bits per heavy atom. The first-order chi connectivity index (χ1) is 12.3. The van der Waals surface area contributed by atoms with Gasteiger partial charge in [0.2, 0.25) is 0 Å². The molecule has 3 heteroatoms. The molecule has 0 aromatic rings. The monoisotopic (exact) mass is 354 g/mol. The highest BCUT2D eigenvalue weighted by atomic mass is 16.6. The van der Waals surface area contributed by atoms with E-state index in [0.717, 1.165) is 44.9 Å². The molecule has 0 bridgehead atoms. The minimum absolute atomic E-state index is 0.128. The SMILES string of the molecule is C#C[C@@]1(OC(C)=O)CC[C@H]2[C@@H]3CCC4=CC(=O)CC[C@]4(C)[C@H]3CC[C@@]21C. The molecule has 3 fully saturated rings. The lowest BCUT2D eigenvalue weighted by atomic mass is 9.46. The van der Waals surface area contributed by atoms with Crippen molar-refractivity contribution in [2.45, 2.75) is 77.7 Å². The molecule has 0 heterocycles. The number of allylic oxidation sites excluding steroid dienone is 1. The van der Waals surface area contributed by atoms with Crippen LogP contribution in [0.3, 0.4) is 0 Å². The summed E-state index contributed by atoms with van der Waals surface area (Å²) in [6, 6.07) is 0. The fourth-order valence-electron chi connectivity index (χ4n) is 7.24. The zero-order valence-corrected chi connectivity index (χ0v) is 16.3. The number of hydrogen-bond donors (Lipinski definition) is 0. The fraction of sp³-hybridized carbons (Fsp3) is 0.739. The van der Waals surface area contributed by atoms with Crippen LogP contribution in [-0.4, -0.2) is 17.4 Å². The van der Waals surface area contributed by atoms with E-state index >= 15 is 0 Å². The van der Waals surface area contributed by atoms with Crippen LogP contribution in [0.5, 0.6) is 0 Å². The normalized spacial score (nSPS) is 47.1. The molecule has 0 aromatic heterocycles. The third-order valence-corrected chi connectivity index (χ3v) is 8.63. The second kappa shape index (κ2) is 5.72. The van der Waals surface area contributed by atoms with Crippen LogP contribution < -0.4 is 0 Å². The predicted octanol–water partition coefficient (Wildman–Crippen LogP) is 4.45. The number of rotatable bonds is 1. The van der Waals surface area contributed by atoms with Crippen molar-refractivity contribution in [3.8, 4) is 12.3 Å². The van der Waals surface area contributed by atoms with Gasteiger partial charge in [0.25, 0.3) is 0 Å². The smallest absolute Gasteiger partial charge is 0.304 e. The van der Waals surface area contributed by atoms with Gasteiger partial charge in [0.1, 0.15) is 0 Å². The molecule has 140 valence electrons. The Kier molecular flexibility index (Phi) is 3.92. The molecule has 0 saturated heterocycles. The Morgan fingerprint density at radius 3 is 2.58 bits per heavy atom. The number of ether oxygens (including phenoxy) is 1. The predicted molar refractivity (Wildman–Crippen MR) is 100 cm³/mol. The highest BCUT2D eigenvalue weighted by molar-refractivity contribution is 5.91.